The lowest BCUT2D eigenvalue weighted by molar-refractivity contribution is 0.133. The van der Waals surface area contributed by atoms with E-state index < -0.39 is 11.7 Å². The van der Waals surface area contributed by atoms with E-state index in [1.807, 2.05) is 13.8 Å². The highest BCUT2D eigenvalue weighted by Gasteiger charge is 2.53. The highest BCUT2D eigenvalue weighted by molar-refractivity contribution is 5.79. The maximum absolute atomic E-state index is 11.2. The van der Waals surface area contributed by atoms with E-state index in [2.05, 4.69) is 0 Å². The van der Waals surface area contributed by atoms with Gasteiger partial charge in [-0.2, -0.15) is 0 Å². The van der Waals surface area contributed by atoms with E-state index in [4.69, 9.17) is 13.9 Å². The van der Waals surface area contributed by atoms with Crippen molar-refractivity contribution in [3.63, 3.8) is 0 Å². The van der Waals surface area contributed by atoms with Crippen LogP contribution in [0.15, 0.2) is 33.5 Å². The van der Waals surface area contributed by atoms with Gasteiger partial charge in [-0.3, -0.25) is 0 Å². The maximum Gasteiger partial charge on any atom is 0.336 e. The molecule has 1 aromatic heterocycles. The van der Waals surface area contributed by atoms with Gasteiger partial charge < -0.3 is 19.0 Å². The zero-order valence-corrected chi connectivity index (χ0v) is 11.5. The summed E-state index contributed by atoms with van der Waals surface area (Å²) in [5, 5.41) is 11.2. The number of aliphatic hydroxyl groups excluding tert-OH is 1. The number of rotatable bonds is 3. The predicted octanol–water partition coefficient (Wildman–Crippen LogP) is 2.01. The van der Waals surface area contributed by atoms with Gasteiger partial charge in [-0.1, -0.05) is 0 Å². The molecule has 1 aliphatic rings. The van der Waals surface area contributed by atoms with Gasteiger partial charge in [-0.15, -0.1) is 0 Å². The third-order valence-electron chi connectivity index (χ3n) is 3.64. The normalized spacial score (nSPS) is 21.7. The lowest BCUT2D eigenvalue weighted by atomic mass is 9.97. The molecule has 1 aliphatic heterocycles. The first-order chi connectivity index (χ1) is 9.42. The Balaban J connectivity index is 2.10. The van der Waals surface area contributed by atoms with Crippen LogP contribution in [-0.4, -0.2) is 23.9 Å². The molecule has 1 N–H and O–H groups in total. The van der Waals surface area contributed by atoms with E-state index in [9.17, 15) is 9.90 Å². The Morgan fingerprint density at radius 3 is 2.65 bits per heavy atom. The Kier molecular flexibility index (Phi) is 2.84. The molecule has 0 radical (unpaired) electrons. The minimum atomic E-state index is -0.781. The van der Waals surface area contributed by atoms with E-state index in [-0.39, 0.29) is 11.7 Å². The predicted molar refractivity (Wildman–Crippen MR) is 72.9 cm³/mol. The smallest absolute Gasteiger partial charge is 0.336 e. The molecule has 3 rings (SSSR count). The monoisotopic (exact) mass is 276 g/mol. The van der Waals surface area contributed by atoms with Crippen molar-refractivity contribution in [2.45, 2.75) is 31.7 Å². The van der Waals surface area contributed by atoms with Gasteiger partial charge in [0, 0.05) is 23.1 Å². The third-order valence-corrected chi connectivity index (χ3v) is 3.64. The lowest BCUT2D eigenvalue weighted by Gasteiger charge is -2.14. The quantitative estimate of drug-likeness (QED) is 0.686. The highest BCUT2D eigenvalue weighted by Crippen LogP contribution is 2.46. The fourth-order valence-corrected chi connectivity index (χ4v) is 2.42. The Morgan fingerprint density at radius 2 is 2.05 bits per heavy atom. The minimum absolute atomic E-state index is 0.260. The van der Waals surface area contributed by atoms with E-state index >= 15 is 0 Å². The molecule has 106 valence electrons. The van der Waals surface area contributed by atoms with Gasteiger partial charge in [0.1, 0.15) is 23.5 Å². The van der Waals surface area contributed by atoms with Crippen LogP contribution in [-0.2, 0) is 4.74 Å². The largest absolute Gasteiger partial charge is 0.496 e. The second-order valence-corrected chi connectivity index (χ2v) is 5.47. The number of ether oxygens (including phenoxy) is 2. The summed E-state index contributed by atoms with van der Waals surface area (Å²) in [6.07, 6.45) is -1.04. The van der Waals surface area contributed by atoms with Crippen LogP contribution in [0.2, 0.25) is 0 Å². The first-order valence-electron chi connectivity index (χ1n) is 6.40. The van der Waals surface area contributed by atoms with Crippen molar-refractivity contribution < 1.29 is 19.0 Å². The van der Waals surface area contributed by atoms with Gasteiger partial charge in [0.15, 0.2) is 0 Å². The molecule has 0 spiro atoms. The summed E-state index contributed by atoms with van der Waals surface area (Å²) in [6.45, 7) is 3.85. The van der Waals surface area contributed by atoms with Crippen molar-refractivity contribution in [3.8, 4) is 5.75 Å². The van der Waals surface area contributed by atoms with Crippen molar-refractivity contribution in [1.82, 2.24) is 0 Å². The standard InChI is InChI=1S/C15H16O5/c1-15(2)14(20-15)13(17)9-6-8-4-5-12(16)19-10(8)7-11(9)18-3/h4-7,13-14,17H,1-3H3/t13-,14+/m0/s1. The van der Waals surface area contributed by atoms with Crippen LogP contribution in [0.4, 0.5) is 0 Å². The molecule has 0 saturated carbocycles. The molecule has 5 heteroatoms. The summed E-state index contributed by atoms with van der Waals surface area (Å²) in [4.78, 5) is 11.2. The molecule has 2 atom stereocenters. The third kappa shape index (κ3) is 2.09. The summed E-state index contributed by atoms with van der Waals surface area (Å²) in [5.41, 5.74) is 0.313. The molecule has 2 aromatic rings. The van der Waals surface area contributed by atoms with Gasteiger partial charge in [-0.25, -0.2) is 4.79 Å². The summed E-state index contributed by atoms with van der Waals surface area (Å²) in [5.74, 6) is 0.477. The molecule has 1 saturated heterocycles. The van der Waals surface area contributed by atoms with Gasteiger partial charge in [-0.05, 0) is 26.0 Å². The van der Waals surface area contributed by atoms with Crippen LogP contribution in [0, 0.1) is 0 Å². The average Bonchev–Trinajstić information content (AvgIpc) is 3.05. The first kappa shape index (κ1) is 13.1. The summed E-state index contributed by atoms with van der Waals surface area (Å²) >= 11 is 0. The van der Waals surface area contributed by atoms with Crippen LogP contribution in [0.5, 0.6) is 5.75 Å². The number of benzene rings is 1. The highest BCUT2D eigenvalue weighted by atomic mass is 16.6. The molecule has 2 heterocycles. The van der Waals surface area contributed by atoms with Crippen LogP contribution in [0.25, 0.3) is 11.0 Å². The number of epoxide rings is 1. The van der Waals surface area contributed by atoms with E-state index in [1.54, 1.807) is 18.2 Å². The molecular formula is C15H16O5. The van der Waals surface area contributed by atoms with Gasteiger partial charge in [0.2, 0.25) is 0 Å². The van der Waals surface area contributed by atoms with Crippen LogP contribution < -0.4 is 10.4 Å². The van der Waals surface area contributed by atoms with Gasteiger partial charge >= 0.3 is 5.63 Å². The fraction of sp³-hybridized carbons (Fsp3) is 0.400. The topological polar surface area (TPSA) is 72.2 Å². The minimum Gasteiger partial charge on any atom is -0.496 e. The van der Waals surface area contributed by atoms with Crippen molar-refractivity contribution in [1.29, 1.82) is 0 Å². The van der Waals surface area contributed by atoms with E-state index in [0.29, 0.717) is 16.9 Å². The van der Waals surface area contributed by atoms with Crippen molar-refractivity contribution in [3.05, 3.63) is 40.2 Å². The number of methoxy groups -OCH3 is 1. The van der Waals surface area contributed by atoms with Crippen molar-refractivity contribution in [2.75, 3.05) is 7.11 Å². The molecule has 0 amide bonds. The molecular weight excluding hydrogens is 260 g/mol. The molecule has 0 aliphatic carbocycles. The lowest BCUT2D eigenvalue weighted by Crippen LogP contribution is -2.14. The van der Waals surface area contributed by atoms with Crippen LogP contribution >= 0.6 is 0 Å². The van der Waals surface area contributed by atoms with Gasteiger partial charge in [0.25, 0.3) is 0 Å². The van der Waals surface area contributed by atoms with E-state index in [0.717, 1.165) is 5.39 Å². The molecule has 1 aromatic carbocycles. The zero-order chi connectivity index (χ0) is 14.5. The van der Waals surface area contributed by atoms with Crippen molar-refractivity contribution >= 4 is 11.0 Å². The summed E-state index contributed by atoms with van der Waals surface area (Å²) in [7, 11) is 1.51. The van der Waals surface area contributed by atoms with Crippen LogP contribution in [0.3, 0.4) is 0 Å². The molecule has 1 fully saturated rings. The number of hydrogen-bond acceptors (Lipinski definition) is 5. The Bertz CT molecular complexity index is 716. The van der Waals surface area contributed by atoms with Crippen LogP contribution in [0.1, 0.15) is 25.5 Å². The second-order valence-electron chi connectivity index (χ2n) is 5.47. The molecule has 5 nitrogen and oxygen atoms in total. The Morgan fingerprint density at radius 1 is 1.35 bits per heavy atom. The Labute approximate surface area is 115 Å². The average molecular weight is 276 g/mol. The number of fused-ring (bicyclic) bond motifs is 1. The number of aliphatic hydroxyl groups is 1. The van der Waals surface area contributed by atoms with E-state index in [1.165, 1.54) is 13.2 Å². The van der Waals surface area contributed by atoms with Crippen molar-refractivity contribution in [2.24, 2.45) is 0 Å². The molecule has 20 heavy (non-hydrogen) atoms. The second kappa shape index (κ2) is 4.33. The molecule has 0 bridgehead atoms. The van der Waals surface area contributed by atoms with Gasteiger partial charge in [0.05, 0.1) is 12.7 Å². The molecule has 0 unspecified atom stereocenters. The Hall–Kier alpha value is -1.85. The zero-order valence-electron chi connectivity index (χ0n) is 11.5. The number of hydrogen-bond donors (Lipinski definition) is 1. The first-order valence-corrected chi connectivity index (χ1v) is 6.40. The summed E-state index contributed by atoms with van der Waals surface area (Å²) in [6, 6.07) is 6.39. The fourth-order valence-electron chi connectivity index (χ4n) is 2.42. The maximum atomic E-state index is 11.2. The summed E-state index contributed by atoms with van der Waals surface area (Å²) < 4.78 is 15.9. The SMILES string of the molecule is COc1cc2oc(=O)ccc2cc1[C@H](O)[C@H]1OC1(C)C.